The first-order chi connectivity index (χ1) is 21.4. The molecule has 2 aliphatic rings. The van der Waals surface area contributed by atoms with Gasteiger partial charge in [-0.25, -0.2) is 17.5 Å². The van der Waals surface area contributed by atoms with E-state index in [9.17, 15) is 30.8 Å². The lowest BCUT2D eigenvalue weighted by molar-refractivity contribution is -0.137. The molecule has 1 amide bonds. The van der Waals surface area contributed by atoms with Crippen molar-refractivity contribution in [1.82, 2.24) is 20.3 Å². The second kappa shape index (κ2) is 14.0. The summed E-state index contributed by atoms with van der Waals surface area (Å²) in [6.45, 7) is 5.04. The molecule has 12 heteroatoms. The fourth-order valence-corrected chi connectivity index (χ4v) is 7.44. The van der Waals surface area contributed by atoms with Gasteiger partial charge < -0.3 is 10.6 Å². The second-order valence-electron chi connectivity index (χ2n) is 11.7. The van der Waals surface area contributed by atoms with Crippen molar-refractivity contribution >= 4 is 15.9 Å². The number of alkyl halides is 3. The van der Waals surface area contributed by atoms with Gasteiger partial charge in [0, 0.05) is 19.0 Å². The maximum absolute atomic E-state index is 13.6. The van der Waals surface area contributed by atoms with Gasteiger partial charge in [-0.1, -0.05) is 43.3 Å². The van der Waals surface area contributed by atoms with Crippen molar-refractivity contribution in [2.45, 2.75) is 81.3 Å². The second-order valence-corrected chi connectivity index (χ2v) is 13.5. The Hall–Kier alpha value is -3.32. The number of benzene rings is 3. The van der Waals surface area contributed by atoms with Crippen LogP contribution in [0.5, 0.6) is 0 Å². The van der Waals surface area contributed by atoms with E-state index in [1.54, 1.807) is 0 Å². The zero-order chi connectivity index (χ0) is 32.2. The van der Waals surface area contributed by atoms with E-state index in [0.29, 0.717) is 30.6 Å². The summed E-state index contributed by atoms with van der Waals surface area (Å²) in [5.41, 5.74) is 2.85. The van der Waals surface area contributed by atoms with Gasteiger partial charge in [-0.3, -0.25) is 9.69 Å². The van der Waals surface area contributed by atoms with Gasteiger partial charge >= 0.3 is 6.18 Å². The number of nitrogens with zero attached hydrogens (tertiary/aromatic N) is 1. The zero-order valence-corrected chi connectivity index (χ0v) is 25.9. The molecule has 3 aromatic carbocycles. The minimum Gasteiger partial charge on any atom is -0.353 e. The van der Waals surface area contributed by atoms with Crippen molar-refractivity contribution in [2.24, 2.45) is 0 Å². The summed E-state index contributed by atoms with van der Waals surface area (Å²) in [5, 5.41) is 6.56. The Morgan fingerprint density at radius 1 is 1.04 bits per heavy atom. The monoisotopic (exact) mass is 646 g/mol. The van der Waals surface area contributed by atoms with Crippen LogP contribution in [-0.2, 0) is 40.4 Å². The van der Waals surface area contributed by atoms with Gasteiger partial charge in [0.25, 0.3) is 0 Å². The fraction of sp³-hybridized carbons (Fsp3) is 0.424. The fourth-order valence-electron chi connectivity index (χ4n) is 6.17. The molecule has 3 unspecified atom stereocenters. The number of fused-ring (bicyclic) bond motifs is 1. The zero-order valence-electron chi connectivity index (χ0n) is 25.0. The lowest BCUT2D eigenvalue weighted by Gasteiger charge is -2.29. The highest BCUT2D eigenvalue weighted by Gasteiger charge is 2.33. The van der Waals surface area contributed by atoms with Crippen LogP contribution < -0.4 is 15.4 Å². The number of carbonyl (C=O) groups is 1. The number of nitrogens with one attached hydrogen (secondary N) is 3. The highest BCUT2D eigenvalue weighted by molar-refractivity contribution is 7.89. The normalized spacial score (nSPS) is 19.3. The van der Waals surface area contributed by atoms with Crippen LogP contribution in [0.25, 0.3) is 0 Å². The van der Waals surface area contributed by atoms with Crippen LogP contribution >= 0.6 is 0 Å². The molecule has 0 radical (unpaired) electrons. The first-order valence-electron chi connectivity index (χ1n) is 15.2. The van der Waals surface area contributed by atoms with E-state index in [4.69, 9.17) is 0 Å². The van der Waals surface area contributed by atoms with Crippen LogP contribution in [0.1, 0.15) is 66.5 Å². The minimum absolute atomic E-state index is 0.167. The van der Waals surface area contributed by atoms with E-state index < -0.39 is 44.4 Å². The number of amides is 1. The van der Waals surface area contributed by atoms with E-state index in [0.717, 1.165) is 68.4 Å². The largest absolute Gasteiger partial charge is 0.416 e. The lowest BCUT2D eigenvalue weighted by Crippen LogP contribution is -2.41. The van der Waals surface area contributed by atoms with Gasteiger partial charge in [0.15, 0.2) is 0 Å². The number of sulfonamides is 1. The van der Waals surface area contributed by atoms with Crippen molar-refractivity contribution in [1.29, 1.82) is 0 Å². The number of rotatable bonds is 11. The highest BCUT2D eigenvalue weighted by Crippen LogP contribution is 2.31. The molecule has 0 bridgehead atoms. The van der Waals surface area contributed by atoms with E-state index in [1.165, 1.54) is 29.7 Å². The predicted octanol–water partition coefficient (Wildman–Crippen LogP) is 5.46. The summed E-state index contributed by atoms with van der Waals surface area (Å²) < 4.78 is 82.1. The quantitative estimate of drug-likeness (QED) is 0.241. The number of halogens is 4. The third kappa shape index (κ3) is 8.49. The Bertz CT molecular complexity index is 1590. The van der Waals surface area contributed by atoms with Crippen LogP contribution in [0.3, 0.4) is 0 Å². The highest BCUT2D eigenvalue weighted by atomic mass is 32.2. The Kier molecular flexibility index (Phi) is 10.3. The molecule has 45 heavy (non-hydrogen) atoms. The van der Waals surface area contributed by atoms with Crippen LogP contribution in [0, 0.1) is 5.82 Å². The maximum Gasteiger partial charge on any atom is 0.416 e. The van der Waals surface area contributed by atoms with Crippen LogP contribution in [0.15, 0.2) is 71.6 Å². The van der Waals surface area contributed by atoms with Gasteiger partial charge in [0.1, 0.15) is 5.82 Å². The van der Waals surface area contributed by atoms with Crippen molar-refractivity contribution in [2.75, 3.05) is 13.1 Å². The molecule has 1 saturated heterocycles. The van der Waals surface area contributed by atoms with E-state index in [2.05, 4.69) is 45.4 Å². The van der Waals surface area contributed by atoms with Crippen molar-refractivity contribution in [3.8, 4) is 0 Å². The number of aryl methyl sites for hydroxylation is 1. The lowest BCUT2D eigenvalue weighted by atomic mass is 9.87. The molecule has 0 spiro atoms. The summed E-state index contributed by atoms with van der Waals surface area (Å²) in [5.74, 6) is -0.979. The van der Waals surface area contributed by atoms with E-state index in [1.807, 2.05) is 0 Å². The van der Waals surface area contributed by atoms with Gasteiger partial charge in [0.2, 0.25) is 15.9 Å². The molecule has 7 nitrogen and oxygen atoms in total. The predicted molar refractivity (Wildman–Crippen MR) is 163 cm³/mol. The average molecular weight is 647 g/mol. The van der Waals surface area contributed by atoms with E-state index >= 15 is 0 Å². The van der Waals surface area contributed by atoms with Gasteiger partial charge in [-0.05, 0) is 97.8 Å². The third-order valence-corrected chi connectivity index (χ3v) is 10.0. The smallest absolute Gasteiger partial charge is 0.353 e. The van der Waals surface area contributed by atoms with Crippen molar-refractivity contribution < 1.29 is 30.8 Å². The molecular weight excluding hydrogens is 608 g/mol. The minimum atomic E-state index is -4.73. The number of carbonyl (C=O) groups excluding carboxylic acids is 1. The van der Waals surface area contributed by atoms with Crippen LogP contribution in [0.4, 0.5) is 17.6 Å². The molecule has 1 heterocycles. The number of hydrogen-bond donors (Lipinski definition) is 3. The summed E-state index contributed by atoms with van der Waals surface area (Å²) >= 11 is 0. The summed E-state index contributed by atoms with van der Waals surface area (Å²) in [4.78, 5) is 15.1. The Morgan fingerprint density at radius 2 is 1.82 bits per heavy atom. The summed E-state index contributed by atoms with van der Waals surface area (Å²) in [6.07, 6.45) is -0.204. The Balaban J connectivity index is 1.25. The van der Waals surface area contributed by atoms with Gasteiger partial charge in [-0.15, -0.1) is 0 Å². The molecule has 1 fully saturated rings. The molecule has 1 aliphatic carbocycles. The third-order valence-electron chi connectivity index (χ3n) is 8.56. The van der Waals surface area contributed by atoms with E-state index in [-0.39, 0.29) is 12.5 Å². The number of hydrogen-bond acceptors (Lipinski definition) is 5. The van der Waals surface area contributed by atoms with Crippen LogP contribution in [0.2, 0.25) is 0 Å². The summed E-state index contributed by atoms with van der Waals surface area (Å²) in [7, 11) is -4.47. The van der Waals surface area contributed by atoms with Gasteiger partial charge in [0.05, 0.1) is 22.7 Å². The molecular formula is C33H38F4N4O3S. The molecule has 0 aromatic heterocycles. The van der Waals surface area contributed by atoms with Crippen LogP contribution in [-0.4, -0.2) is 44.5 Å². The SMILES string of the molecule is CCN(Cc1ccc2c(c1)CCC(NC(=O)CC(NS(=O)(=O)c1cccc(C(F)(F)F)c1)c1ccc(F)cc1)C2)C1CCCN1. The molecule has 0 saturated carbocycles. The average Bonchev–Trinajstić information content (AvgIpc) is 3.54. The molecule has 5 rings (SSSR count). The van der Waals surface area contributed by atoms with Crippen molar-refractivity contribution in [3.05, 3.63) is 100 Å². The summed E-state index contributed by atoms with van der Waals surface area (Å²) in [6, 6.07) is 13.5. The molecule has 3 aromatic rings. The standard InChI is InChI=1S/C33H38F4N4O3S/c1-2-41(31-7-4-16-38-31)21-22-8-9-25-18-28(15-12-24(25)17-22)39-32(42)20-30(23-10-13-27(34)14-11-23)40-45(43,44)29-6-3-5-26(19-29)33(35,36)37/h3,5-6,8-11,13-14,17,19,28,30-31,38,40H,2,4,7,12,15-16,18,20-21H2,1H3,(H,39,42). The first-order valence-corrected chi connectivity index (χ1v) is 16.7. The maximum atomic E-state index is 13.6. The molecule has 242 valence electrons. The van der Waals surface area contributed by atoms with Crippen molar-refractivity contribution in [3.63, 3.8) is 0 Å². The topological polar surface area (TPSA) is 90.5 Å². The molecule has 3 atom stereocenters. The molecule has 3 N–H and O–H groups in total. The molecule has 1 aliphatic heterocycles. The first kappa shape index (κ1) is 33.1. The Morgan fingerprint density at radius 3 is 2.51 bits per heavy atom. The van der Waals surface area contributed by atoms with Gasteiger partial charge in [-0.2, -0.15) is 13.2 Å². The Labute approximate surface area is 261 Å².